The number of nitrogens with two attached hydrogens (primary N) is 2. The average molecular weight is 741 g/mol. The molecule has 0 radical (unpaired) electrons. The zero-order valence-electron chi connectivity index (χ0n) is 33.3. The Bertz CT molecular complexity index is 1820. The average Bonchev–Trinajstić information content (AvgIpc) is 3.25. The van der Waals surface area contributed by atoms with Crippen LogP contribution in [0.25, 0.3) is 0 Å². The second kappa shape index (κ2) is 18.4. The zero-order valence-corrected chi connectivity index (χ0v) is 33.3. The summed E-state index contributed by atoms with van der Waals surface area (Å²) in [6.45, 7) is 4.28. The van der Waals surface area contributed by atoms with E-state index in [9.17, 15) is 0 Å². The number of hydrogen-bond donors (Lipinski definition) is 4. The van der Waals surface area contributed by atoms with Crippen LogP contribution in [0.2, 0.25) is 0 Å². The van der Waals surface area contributed by atoms with Crippen LogP contribution < -0.4 is 22.1 Å². The van der Waals surface area contributed by atoms with Crippen LogP contribution >= 0.6 is 0 Å². The standard InChI is InChI=1S/2C26H30N2/c2*1-20-16-18-23(19-17-20)26(21-10-4-2-5-11-21,22-12-6-3-7-13-22)28-25-15-9-8-14-24(25)27/h2*2-7,10-13,16-19,24-25,28H,8-9,14-15,27H2,1H3/t2*24-,25-/m10/s1. The van der Waals surface area contributed by atoms with E-state index in [4.69, 9.17) is 11.5 Å². The van der Waals surface area contributed by atoms with Crippen molar-refractivity contribution in [2.24, 2.45) is 11.5 Å². The third-order valence-corrected chi connectivity index (χ3v) is 12.2. The van der Waals surface area contributed by atoms with Crippen molar-refractivity contribution in [3.05, 3.63) is 214 Å². The van der Waals surface area contributed by atoms with Gasteiger partial charge in [0, 0.05) is 24.2 Å². The zero-order chi connectivity index (χ0) is 38.8. The molecule has 0 unspecified atom stereocenters. The molecule has 0 heterocycles. The third kappa shape index (κ3) is 8.60. The molecule has 6 N–H and O–H groups in total. The summed E-state index contributed by atoms with van der Waals surface area (Å²) in [7, 11) is 0. The fourth-order valence-electron chi connectivity index (χ4n) is 9.09. The molecule has 0 bridgehead atoms. The lowest BCUT2D eigenvalue weighted by atomic mass is 9.75. The Morgan fingerprint density at radius 3 is 0.875 bits per heavy atom. The molecule has 4 nitrogen and oxygen atoms in total. The highest BCUT2D eigenvalue weighted by molar-refractivity contribution is 5.52. The van der Waals surface area contributed by atoms with Gasteiger partial charge in [-0.25, -0.2) is 0 Å². The van der Waals surface area contributed by atoms with Crippen molar-refractivity contribution in [1.29, 1.82) is 0 Å². The van der Waals surface area contributed by atoms with Gasteiger partial charge in [0.1, 0.15) is 0 Å². The normalized spacial score (nSPS) is 20.1. The van der Waals surface area contributed by atoms with Crippen LogP contribution in [-0.4, -0.2) is 24.2 Å². The van der Waals surface area contributed by atoms with Gasteiger partial charge >= 0.3 is 0 Å². The van der Waals surface area contributed by atoms with Crippen molar-refractivity contribution in [1.82, 2.24) is 10.6 Å². The van der Waals surface area contributed by atoms with Gasteiger partial charge in [0.05, 0.1) is 11.1 Å². The highest BCUT2D eigenvalue weighted by atomic mass is 15.1. The molecule has 0 saturated heterocycles. The summed E-state index contributed by atoms with van der Waals surface area (Å²) in [5.74, 6) is 0. The van der Waals surface area contributed by atoms with E-state index in [1.807, 2.05) is 0 Å². The van der Waals surface area contributed by atoms with Crippen LogP contribution in [0.5, 0.6) is 0 Å². The second-order valence-electron chi connectivity index (χ2n) is 16.1. The molecule has 2 fully saturated rings. The van der Waals surface area contributed by atoms with E-state index in [-0.39, 0.29) is 24.2 Å². The van der Waals surface area contributed by atoms with Gasteiger partial charge < -0.3 is 11.5 Å². The molecule has 6 aromatic rings. The van der Waals surface area contributed by atoms with Crippen LogP contribution in [0.3, 0.4) is 0 Å². The van der Waals surface area contributed by atoms with Gasteiger partial charge in [-0.3, -0.25) is 10.6 Å². The Labute approximate surface area is 335 Å². The molecule has 0 aromatic heterocycles. The van der Waals surface area contributed by atoms with E-state index in [1.165, 1.54) is 70.2 Å². The summed E-state index contributed by atoms with van der Waals surface area (Å²) in [6.07, 6.45) is 9.35. The van der Waals surface area contributed by atoms with Gasteiger partial charge in [0.25, 0.3) is 0 Å². The molecule has 2 saturated carbocycles. The van der Waals surface area contributed by atoms with Crippen molar-refractivity contribution < 1.29 is 0 Å². The van der Waals surface area contributed by atoms with E-state index in [1.54, 1.807) is 0 Å². The summed E-state index contributed by atoms with van der Waals surface area (Å²) in [4.78, 5) is 0. The summed E-state index contributed by atoms with van der Waals surface area (Å²) in [5.41, 5.74) is 22.4. The van der Waals surface area contributed by atoms with Gasteiger partial charge in [-0.05, 0) is 72.9 Å². The first-order chi connectivity index (χ1) is 27.4. The summed E-state index contributed by atoms with van der Waals surface area (Å²) in [5, 5.41) is 8.13. The highest BCUT2D eigenvalue weighted by Gasteiger charge is 2.41. The minimum atomic E-state index is -0.421. The Balaban J connectivity index is 0.000000172. The lowest BCUT2D eigenvalue weighted by Gasteiger charge is -2.43. The first kappa shape index (κ1) is 39.4. The maximum Gasteiger partial charge on any atom is 0.0950 e. The molecule has 6 aromatic carbocycles. The second-order valence-corrected chi connectivity index (χ2v) is 16.1. The molecule has 288 valence electrons. The fourth-order valence-corrected chi connectivity index (χ4v) is 9.09. The van der Waals surface area contributed by atoms with Crippen LogP contribution in [-0.2, 0) is 11.1 Å². The van der Waals surface area contributed by atoms with Crippen molar-refractivity contribution in [3.8, 4) is 0 Å². The molecule has 0 aliphatic heterocycles. The summed E-state index contributed by atoms with van der Waals surface area (Å²) < 4.78 is 0. The Hall–Kier alpha value is -4.84. The number of benzene rings is 6. The SMILES string of the molecule is Cc1ccc(C(N[C@@H]2CCCC[C@H]2N)(c2ccccc2)c2ccccc2)cc1.Cc1ccc(C(N[C@H]2CCCC[C@@H]2N)(c2ccccc2)c2ccccc2)cc1. The van der Waals surface area contributed by atoms with Gasteiger partial charge in [0.15, 0.2) is 0 Å². The monoisotopic (exact) mass is 740 g/mol. The molecule has 2 aliphatic carbocycles. The van der Waals surface area contributed by atoms with Gasteiger partial charge in [-0.1, -0.05) is 207 Å². The number of nitrogens with one attached hydrogen (secondary N) is 2. The van der Waals surface area contributed by atoms with Gasteiger partial charge in [-0.2, -0.15) is 0 Å². The Kier molecular flexibility index (Phi) is 12.9. The molecule has 56 heavy (non-hydrogen) atoms. The smallest absolute Gasteiger partial charge is 0.0950 e. The van der Waals surface area contributed by atoms with E-state index in [0.717, 1.165) is 25.7 Å². The predicted octanol–water partition coefficient (Wildman–Crippen LogP) is 10.3. The fraction of sp³-hybridized carbons (Fsp3) is 0.308. The molecule has 4 heteroatoms. The van der Waals surface area contributed by atoms with E-state index < -0.39 is 11.1 Å². The van der Waals surface area contributed by atoms with Crippen molar-refractivity contribution in [2.45, 2.75) is 100 Å². The van der Waals surface area contributed by atoms with E-state index >= 15 is 0 Å². The first-order valence-electron chi connectivity index (χ1n) is 20.8. The Morgan fingerprint density at radius 1 is 0.357 bits per heavy atom. The predicted molar refractivity (Wildman–Crippen MR) is 235 cm³/mol. The minimum Gasteiger partial charge on any atom is -0.326 e. The van der Waals surface area contributed by atoms with E-state index in [2.05, 4.69) is 194 Å². The molecule has 2 aliphatic rings. The third-order valence-electron chi connectivity index (χ3n) is 12.2. The maximum absolute atomic E-state index is 6.58. The largest absolute Gasteiger partial charge is 0.326 e. The first-order valence-corrected chi connectivity index (χ1v) is 20.8. The van der Waals surface area contributed by atoms with Crippen molar-refractivity contribution in [2.75, 3.05) is 0 Å². The topological polar surface area (TPSA) is 76.1 Å². The van der Waals surface area contributed by atoms with Crippen LogP contribution in [0.1, 0.15) is 95.9 Å². The number of aryl methyl sites for hydroxylation is 2. The quantitative estimate of drug-likeness (QED) is 0.106. The van der Waals surface area contributed by atoms with Crippen LogP contribution in [0.15, 0.2) is 170 Å². The maximum atomic E-state index is 6.58. The van der Waals surface area contributed by atoms with Gasteiger partial charge in [0.2, 0.25) is 0 Å². The molecule has 4 atom stereocenters. The van der Waals surface area contributed by atoms with Crippen molar-refractivity contribution >= 4 is 0 Å². The highest BCUT2D eigenvalue weighted by Crippen LogP contribution is 2.40. The minimum absolute atomic E-state index is 0.186. The van der Waals surface area contributed by atoms with Crippen molar-refractivity contribution in [3.63, 3.8) is 0 Å². The summed E-state index contributed by atoms with van der Waals surface area (Å²) in [6, 6.07) is 62.0. The number of rotatable bonds is 10. The van der Waals surface area contributed by atoms with E-state index in [0.29, 0.717) is 0 Å². The van der Waals surface area contributed by atoms with Crippen LogP contribution in [0.4, 0.5) is 0 Å². The lowest BCUT2D eigenvalue weighted by Crippen LogP contribution is -2.56. The Morgan fingerprint density at radius 2 is 0.607 bits per heavy atom. The molecular weight excluding hydrogens is 681 g/mol. The lowest BCUT2D eigenvalue weighted by molar-refractivity contribution is 0.280. The molecule has 0 spiro atoms. The van der Waals surface area contributed by atoms with Crippen LogP contribution in [0, 0.1) is 13.8 Å². The molecule has 0 amide bonds. The molecular formula is C52H60N4. The molecule has 8 rings (SSSR count). The summed E-state index contributed by atoms with van der Waals surface area (Å²) >= 11 is 0. The number of hydrogen-bond acceptors (Lipinski definition) is 4. The van der Waals surface area contributed by atoms with Gasteiger partial charge in [-0.15, -0.1) is 0 Å².